The van der Waals surface area contributed by atoms with Crippen molar-refractivity contribution in [1.82, 2.24) is 25.5 Å². The molecule has 0 saturated carbocycles. The highest BCUT2D eigenvalue weighted by Crippen LogP contribution is 2.33. The molecule has 4 N–H and O–H groups in total. The van der Waals surface area contributed by atoms with Gasteiger partial charge in [-0.25, -0.2) is 19.5 Å². The largest absolute Gasteiger partial charge is 0.469 e. The molecule has 14 heteroatoms. The van der Waals surface area contributed by atoms with Gasteiger partial charge < -0.3 is 35.3 Å². The molecule has 2 fully saturated rings. The van der Waals surface area contributed by atoms with Gasteiger partial charge in [0.1, 0.15) is 12.1 Å². The predicted octanol–water partition coefficient (Wildman–Crippen LogP) is 2.27. The lowest BCUT2D eigenvalue weighted by molar-refractivity contribution is -0.140. The van der Waals surface area contributed by atoms with E-state index >= 15 is 0 Å². The number of carbonyl (C=O) groups is 5. The zero-order chi connectivity index (χ0) is 30.4. The molecule has 2 aliphatic rings. The maximum absolute atomic E-state index is 13.5. The number of para-hydroxylation sites is 2. The minimum absolute atomic E-state index is 0.0155. The molecule has 0 unspecified atom stereocenters. The number of nitrogens with zero attached hydrogens (tertiary/aromatic N) is 3. The number of imidazole rings is 1. The number of benzene rings is 2. The summed E-state index contributed by atoms with van der Waals surface area (Å²) in [6, 6.07) is 13.7. The van der Waals surface area contributed by atoms with Crippen molar-refractivity contribution >= 4 is 52.6 Å². The van der Waals surface area contributed by atoms with Gasteiger partial charge in [-0.15, -0.1) is 0 Å². The average Bonchev–Trinajstić information content (AvgIpc) is 3.53. The predicted molar refractivity (Wildman–Crippen MR) is 155 cm³/mol. The SMILES string of the molecule is COC(=O)CCNC(=O)OCc1cccc(N2C(=O)NC3(CCN(C(=O)CCNc4nc5ccccc5[nH]4)CC3)C2=O)c1. The minimum Gasteiger partial charge on any atom is -0.469 e. The van der Waals surface area contributed by atoms with Crippen molar-refractivity contribution in [2.45, 2.75) is 37.8 Å². The number of likely N-dealkylation sites (tertiary alicyclic amines) is 1. The summed E-state index contributed by atoms with van der Waals surface area (Å²) in [4.78, 5) is 72.8. The van der Waals surface area contributed by atoms with E-state index < -0.39 is 23.6 Å². The molecular weight excluding hydrogens is 558 g/mol. The topological polar surface area (TPSA) is 175 Å². The first-order valence-corrected chi connectivity index (χ1v) is 14.0. The Morgan fingerprint density at radius 3 is 2.58 bits per heavy atom. The Morgan fingerprint density at radius 2 is 1.81 bits per heavy atom. The highest BCUT2D eigenvalue weighted by atomic mass is 16.5. The van der Waals surface area contributed by atoms with E-state index in [4.69, 9.17) is 4.74 Å². The van der Waals surface area contributed by atoms with E-state index in [1.165, 1.54) is 7.11 Å². The fourth-order valence-corrected chi connectivity index (χ4v) is 5.17. The van der Waals surface area contributed by atoms with Gasteiger partial charge in [-0.05, 0) is 42.7 Å². The normalized spacial score (nSPS) is 15.8. The van der Waals surface area contributed by atoms with Gasteiger partial charge in [0, 0.05) is 32.6 Å². The van der Waals surface area contributed by atoms with Gasteiger partial charge in [0.05, 0.1) is 30.3 Å². The van der Waals surface area contributed by atoms with E-state index in [1.807, 2.05) is 24.3 Å². The number of esters is 1. The first-order valence-electron chi connectivity index (χ1n) is 14.0. The summed E-state index contributed by atoms with van der Waals surface area (Å²) in [6.45, 7) is 1.04. The number of aromatic nitrogens is 2. The van der Waals surface area contributed by atoms with E-state index in [1.54, 1.807) is 29.2 Å². The fraction of sp³-hybridized carbons (Fsp3) is 0.379. The molecule has 0 aliphatic carbocycles. The second-order valence-corrected chi connectivity index (χ2v) is 10.3. The van der Waals surface area contributed by atoms with Crippen molar-refractivity contribution in [3.8, 4) is 0 Å². The number of ether oxygens (including phenoxy) is 2. The van der Waals surface area contributed by atoms with Gasteiger partial charge >= 0.3 is 18.1 Å². The second kappa shape index (κ2) is 12.8. The van der Waals surface area contributed by atoms with Crippen LogP contribution in [0, 0.1) is 0 Å². The Balaban J connectivity index is 1.11. The van der Waals surface area contributed by atoms with Crippen molar-refractivity contribution in [3.05, 3.63) is 54.1 Å². The Labute approximate surface area is 247 Å². The van der Waals surface area contributed by atoms with Gasteiger partial charge in [0.15, 0.2) is 0 Å². The number of alkyl carbamates (subject to hydrolysis) is 1. The van der Waals surface area contributed by atoms with Crippen molar-refractivity contribution in [1.29, 1.82) is 0 Å². The zero-order valence-electron chi connectivity index (χ0n) is 23.7. The van der Waals surface area contributed by atoms with Crippen LogP contribution in [-0.4, -0.2) is 83.6 Å². The molecule has 43 heavy (non-hydrogen) atoms. The summed E-state index contributed by atoms with van der Waals surface area (Å²) in [5, 5.41) is 8.45. The Bertz CT molecular complexity index is 1500. The number of hydrogen-bond acceptors (Lipinski definition) is 9. The van der Waals surface area contributed by atoms with E-state index in [0.29, 0.717) is 49.7 Å². The number of fused-ring (bicyclic) bond motifs is 1. The van der Waals surface area contributed by atoms with Crippen LogP contribution in [0.1, 0.15) is 31.2 Å². The van der Waals surface area contributed by atoms with Gasteiger partial charge in [-0.2, -0.15) is 0 Å². The average molecular weight is 592 g/mol. The van der Waals surface area contributed by atoms with E-state index in [-0.39, 0.29) is 37.8 Å². The molecule has 0 radical (unpaired) electrons. The Hall–Kier alpha value is -5.14. The fourth-order valence-electron chi connectivity index (χ4n) is 5.17. The second-order valence-electron chi connectivity index (χ2n) is 10.3. The molecule has 1 spiro atoms. The number of amides is 5. The summed E-state index contributed by atoms with van der Waals surface area (Å²) in [5.74, 6) is -0.284. The molecule has 3 heterocycles. The first kappa shape index (κ1) is 29.4. The summed E-state index contributed by atoms with van der Waals surface area (Å²) in [7, 11) is 1.26. The monoisotopic (exact) mass is 591 g/mol. The highest BCUT2D eigenvalue weighted by molar-refractivity contribution is 6.23. The van der Waals surface area contributed by atoms with Gasteiger partial charge in [0.2, 0.25) is 11.9 Å². The molecule has 0 atom stereocenters. The first-order chi connectivity index (χ1) is 20.8. The molecule has 226 valence electrons. The molecule has 5 amide bonds. The summed E-state index contributed by atoms with van der Waals surface area (Å²) in [5.41, 5.74) is 1.57. The third-order valence-electron chi connectivity index (χ3n) is 7.52. The van der Waals surface area contributed by atoms with Crippen LogP contribution in [0.3, 0.4) is 0 Å². The van der Waals surface area contributed by atoms with Crippen LogP contribution in [0.2, 0.25) is 0 Å². The van der Waals surface area contributed by atoms with E-state index in [9.17, 15) is 24.0 Å². The number of nitrogens with one attached hydrogen (secondary N) is 4. The number of H-pyrrole nitrogens is 1. The van der Waals surface area contributed by atoms with Crippen LogP contribution >= 0.6 is 0 Å². The molecule has 2 aromatic carbocycles. The van der Waals surface area contributed by atoms with Crippen molar-refractivity contribution in [2.24, 2.45) is 0 Å². The maximum atomic E-state index is 13.5. The van der Waals surface area contributed by atoms with Crippen LogP contribution in [0.15, 0.2) is 48.5 Å². The number of urea groups is 1. The number of imide groups is 1. The maximum Gasteiger partial charge on any atom is 0.407 e. The van der Waals surface area contributed by atoms with Crippen molar-refractivity contribution in [2.75, 3.05) is 43.5 Å². The molecule has 1 aromatic heterocycles. The molecule has 14 nitrogen and oxygen atoms in total. The highest BCUT2D eigenvalue weighted by Gasteiger charge is 2.53. The number of rotatable bonds is 10. The van der Waals surface area contributed by atoms with Gasteiger partial charge in [-0.3, -0.25) is 14.4 Å². The number of piperidine rings is 1. The quantitative estimate of drug-likeness (QED) is 0.204. The molecule has 0 bridgehead atoms. The molecule has 2 aliphatic heterocycles. The zero-order valence-corrected chi connectivity index (χ0v) is 23.7. The van der Waals surface area contributed by atoms with Crippen LogP contribution in [0.25, 0.3) is 11.0 Å². The number of carbonyl (C=O) groups excluding carboxylic acids is 5. The Kier molecular flexibility index (Phi) is 8.74. The third-order valence-corrected chi connectivity index (χ3v) is 7.52. The standard InChI is InChI=1S/C29H33N7O7/c1-42-24(38)10-14-31-28(41)43-18-19-5-4-6-20(17-19)36-25(39)29(34-27(36)40)11-15-35(16-12-29)23(37)9-13-30-26-32-21-7-2-3-8-22(21)33-26/h2-8,17H,9-16,18H2,1H3,(H,31,41)(H,34,40)(H2,30,32,33). The lowest BCUT2D eigenvalue weighted by Crippen LogP contribution is -2.56. The number of methoxy groups -OCH3 is 1. The van der Waals surface area contributed by atoms with Crippen LogP contribution in [0.5, 0.6) is 0 Å². The summed E-state index contributed by atoms with van der Waals surface area (Å²) >= 11 is 0. The Morgan fingerprint density at radius 1 is 1.02 bits per heavy atom. The third kappa shape index (κ3) is 6.68. The summed E-state index contributed by atoms with van der Waals surface area (Å²) < 4.78 is 9.69. The molecular formula is C29H33N7O7. The van der Waals surface area contributed by atoms with Crippen LogP contribution < -0.4 is 20.9 Å². The van der Waals surface area contributed by atoms with Crippen molar-refractivity contribution in [3.63, 3.8) is 0 Å². The minimum atomic E-state index is -1.09. The smallest absolute Gasteiger partial charge is 0.407 e. The summed E-state index contributed by atoms with van der Waals surface area (Å²) in [6.07, 6.45) is 0.155. The van der Waals surface area contributed by atoms with E-state index in [2.05, 4.69) is 30.7 Å². The molecule has 3 aromatic rings. The van der Waals surface area contributed by atoms with Crippen LogP contribution in [-0.2, 0) is 30.5 Å². The lowest BCUT2D eigenvalue weighted by Gasteiger charge is -2.37. The van der Waals surface area contributed by atoms with Crippen LogP contribution in [0.4, 0.5) is 21.2 Å². The molecule has 2 saturated heterocycles. The van der Waals surface area contributed by atoms with E-state index in [0.717, 1.165) is 15.9 Å². The lowest BCUT2D eigenvalue weighted by atomic mass is 9.87. The number of hydrogen-bond donors (Lipinski definition) is 4. The number of aromatic amines is 1. The molecule has 5 rings (SSSR count). The van der Waals surface area contributed by atoms with Gasteiger partial charge in [0.25, 0.3) is 5.91 Å². The number of anilines is 2. The van der Waals surface area contributed by atoms with Crippen molar-refractivity contribution < 1.29 is 33.4 Å². The van der Waals surface area contributed by atoms with Gasteiger partial charge in [-0.1, -0.05) is 24.3 Å².